The van der Waals surface area contributed by atoms with Crippen LogP contribution < -0.4 is 4.74 Å². The van der Waals surface area contributed by atoms with Gasteiger partial charge in [-0.25, -0.2) is 0 Å². The molecule has 0 amide bonds. The number of hydrogen-bond donors (Lipinski definition) is 0. The van der Waals surface area contributed by atoms with Crippen LogP contribution in [0.2, 0.25) is 0 Å². The van der Waals surface area contributed by atoms with Crippen LogP contribution in [0.5, 0.6) is 5.75 Å². The highest BCUT2D eigenvalue weighted by atomic mass is 16.5. The van der Waals surface area contributed by atoms with Gasteiger partial charge < -0.3 is 4.74 Å². The summed E-state index contributed by atoms with van der Waals surface area (Å²) in [7, 11) is 1.57. The first-order valence-electron chi connectivity index (χ1n) is 5.86. The number of hydrogen-bond acceptors (Lipinski definition) is 3. The first-order valence-corrected chi connectivity index (χ1v) is 5.86. The standard InChI is InChI=1S/C14H16N2O2/c1-4-16-8-13(7-15-16)11-5-10(2)14(18-3)12(6-11)9-17/h5-9H,4H2,1-3H3. The Bertz CT molecular complexity index is 573. The number of benzene rings is 1. The molecule has 2 aromatic rings. The molecule has 0 saturated heterocycles. The van der Waals surface area contributed by atoms with E-state index in [1.165, 1.54) is 0 Å². The topological polar surface area (TPSA) is 44.1 Å². The molecule has 1 heterocycles. The van der Waals surface area contributed by atoms with E-state index in [0.717, 1.165) is 29.5 Å². The second-order valence-electron chi connectivity index (χ2n) is 4.12. The maximum absolute atomic E-state index is 11.1. The van der Waals surface area contributed by atoms with Gasteiger partial charge in [0, 0.05) is 18.3 Å². The fourth-order valence-corrected chi connectivity index (χ4v) is 2.02. The van der Waals surface area contributed by atoms with Crippen molar-refractivity contribution >= 4 is 6.29 Å². The van der Waals surface area contributed by atoms with Crippen LogP contribution >= 0.6 is 0 Å². The zero-order valence-corrected chi connectivity index (χ0v) is 10.8. The molecule has 94 valence electrons. The molecule has 0 unspecified atom stereocenters. The average molecular weight is 244 g/mol. The van der Waals surface area contributed by atoms with Crippen LogP contribution in [0.15, 0.2) is 24.5 Å². The molecule has 18 heavy (non-hydrogen) atoms. The Balaban J connectivity index is 2.52. The predicted octanol–water partition coefficient (Wildman–Crippen LogP) is 2.70. The number of aryl methyl sites for hydroxylation is 2. The Morgan fingerprint density at radius 2 is 2.17 bits per heavy atom. The maximum atomic E-state index is 11.1. The van der Waals surface area contributed by atoms with E-state index in [1.54, 1.807) is 13.3 Å². The molecule has 0 N–H and O–H groups in total. The molecule has 4 nitrogen and oxygen atoms in total. The van der Waals surface area contributed by atoms with Gasteiger partial charge in [-0.1, -0.05) is 0 Å². The van der Waals surface area contributed by atoms with Crippen molar-refractivity contribution in [3.8, 4) is 16.9 Å². The van der Waals surface area contributed by atoms with Crippen LogP contribution in [0.1, 0.15) is 22.8 Å². The summed E-state index contributed by atoms with van der Waals surface area (Å²) in [6.07, 6.45) is 4.59. The third kappa shape index (κ3) is 2.14. The first-order chi connectivity index (χ1) is 8.69. The van der Waals surface area contributed by atoms with Crippen molar-refractivity contribution in [1.29, 1.82) is 0 Å². The van der Waals surface area contributed by atoms with Gasteiger partial charge in [0.2, 0.25) is 0 Å². The second-order valence-corrected chi connectivity index (χ2v) is 4.12. The minimum Gasteiger partial charge on any atom is -0.496 e. The summed E-state index contributed by atoms with van der Waals surface area (Å²) in [6, 6.07) is 3.83. The van der Waals surface area contributed by atoms with Crippen molar-refractivity contribution in [2.24, 2.45) is 0 Å². The molecule has 0 bridgehead atoms. The van der Waals surface area contributed by atoms with Crippen molar-refractivity contribution in [3.63, 3.8) is 0 Å². The van der Waals surface area contributed by atoms with E-state index in [-0.39, 0.29) is 0 Å². The Morgan fingerprint density at radius 3 is 2.72 bits per heavy atom. The summed E-state index contributed by atoms with van der Waals surface area (Å²) in [5.41, 5.74) is 3.50. The highest BCUT2D eigenvalue weighted by molar-refractivity contribution is 5.84. The zero-order chi connectivity index (χ0) is 13.1. The maximum Gasteiger partial charge on any atom is 0.153 e. The number of aromatic nitrogens is 2. The molecule has 1 aromatic heterocycles. The number of methoxy groups -OCH3 is 1. The molecule has 0 spiro atoms. The summed E-state index contributed by atoms with van der Waals surface area (Å²) in [4.78, 5) is 11.1. The summed E-state index contributed by atoms with van der Waals surface area (Å²) in [5, 5.41) is 4.24. The predicted molar refractivity (Wildman–Crippen MR) is 70.0 cm³/mol. The summed E-state index contributed by atoms with van der Waals surface area (Å²) in [5.74, 6) is 0.636. The largest absolute Gasteiger partial charge is 0.496 e. The van der Waals surface area contributed by atoms with Crippen LogP contribution in [0.25, 0.3) is 11.1 Å². The number of carbonyl (C=O) groups excluding carboxylic acids is 1. The number of ether oxygens (including phenoxy) is 1. The van der Waals surface area contributed by atoms with Crippen molar-refractivity contribution < 1.29 is 9.53 Å². The molecule has 2 rings (SSSR count). The number of carbonyl (C=O) groups is 1. The molecule has 0 aliphatic carbocycles. The molecular formula is C14H16N2O2. The molecule has 0 aliphatic heterocycles. The lowest BCUT2D eigenvalue weighted by Gasteiger charge is -2.09. The summed E-state index contributed by atoms with van der Waals surface area (Å²) in [6.45, 7) is 4.79. The second kappa shape index (κ2) is 5.04. The van der Waals surface area contributed by atoms with Gasteiger partial charge in [0.25, 0.3) is 0 Å². The zero-order valence-electron chi connectivity index (χ0n) is 10.8. The number of nitrogens with zero attached hydrogens (tertiary/aromatic N) is 2. The fourth-order valence-electron chi connectivity index (χ4n) is 2.02. The smallest absolute Gasteiger partial charge is 0.153 e. The van der Waals surface area contributed by atoms with Gasteiger partial charge in [-0.3, -0.25) is 9.48 Å². The molecule has 0 aliphatic rings. The Kier molecular flexibility index (Phi) is 3.46. The van der Waals surface area contributed by atoms with Gasteiger partial charge in [0.05, 0.1) is 18.9 Å². The molecule has 1 aromatic carbocycles. The summed E-state index contributed by atoms with van der Waals surface area (Å²) < 4.78 is 7.09. The Labute approximate surface area is 106 Å². The van der Waals surface area contributed by atoms with E-state index < -0.39 is 0 Å². The van der Waals surface area contributed by atoms with Crippen molar-refractivity contribution in [1.82, 2.24) is 9.78 Å². The van der Waals surface area contributed by atoms with Gasteiger partial charge in [0.1, 0.15) is 5.75 Å². The van der Waals surface area contributed by atoms with Crippen molar-refractivity contribution in [2.75, 3.05) is 7.11 Å². The SMILES string of the molecule is CCn1cc(-c2cc(C)c(OC)c(C=O)c2)cn1. The van der Waals surface area contributed by atoms with Crippen molar-refractivity contribution in [2.45, 2.75) is 20.4 Å². The quantitative estimate of drug-likeness (QED) is 0.777. The van der Waals surface area contributed by atoms with Crippen LogP contribution in [0, 0.1) is 6.92 Å². The fraction of sp³-hybridized carbons (Fsp3) is 0.286. The first kappa shape index (κ1) is 12.4. The van der Waals surface area contributed by atoms with Gasteiger partial charge >= 0.3 is 0 Å². The molecule has 0 saturated carbocycles. The highest BCUT2D eigenvalue weighted by Crippen LogP contribution is 2.29. The van der Waals surface area contributed by atoms with Crippen molar-refractivity contribution in [3.05, 3.63) is 35.7 Å². The van der Waals surface area contributed by atoms with Gasteiger partial charge in [-0.15, -0.1) is 0 Å². The third-order valence-corrected chi connectivity index (χ3v) is 2.93. The summed E-state index contributed by atoms with van der Waals surface area (Å²) >= 11 is 0. The van der Waals surface area contributed by atoms with Crippen LogP contribution in [-0.2, 0) is 6.54 Å². The van der Waals surface area contributed by atoms with E-state index in [1.807, 2.05) is 36.9 Å². The van der Waals surface area contributed by atoms with E-state index in [2.05, 4.69) is 5.10 Å². The molecular weight excluding hydrogens is 228 g/mol. The van der Waals surface area contributed by atoms with E-state index in [0.29, 0.717) is 11.3 Å². The number of rotatable bonds is 4. The highest BCUT2D eigenvalue weighted by Gasteiger charge is 2.10. The minimum atomic E-state index is 0.566. The minimum absolute atomic E-state index is 0.566. The van der Waals surface area contributed by atoms with Crippen LogP contribution in [-0.4, -0.2) is 23.2 Å². The lowest BCUT2D eigenvalue weighted by molar-refractivity contribution is 0.112. The van der Waals surface area contributed by atoms with E-state index >= 15 is 0 Å². The lowest BCUT2D eigenvalue weighted by atomic mass is 10.0. The molecule has 0 radical (unpaired) electrons. The lowest BCUT2D eigenvalue weighted by Crippen LogP contribution is -1.95. The van der Waals surface area contributed by atoms with Gasteiger partial charge in [-0.05, 0) is 37.1 Å². The molecule has 0 atom stereocenters. The van der Waals surface area contributed by atoms with Crippen LogP contribution in [0.4, 0.5) is 0 Å². The van der Waals surface area contributed by atoms with Gasteiger partial charge in [-0.2, -0.15) is 5.10 Å². The average Bonchev–Trinajstić information content (AvgIpc) is 2.86. The molecule has 4 heteroatoms. The normalized spacial score (nSPS) is 10.4. The van der Waals surface area contributed by atoms with Gasteiger partial charge in [0.15, 0.2) is 6.29 Å². The van der Waals surface area contributed by atoms with E-state index in [4.69, 9.17) is 4.74 Å². The monoisotopic (exact) mass is 244 g/mol. The van der Waals surface area contributed by atoms with Crippen LogP contribution in [0.3, 0.4) is 0 Å². The Morgan fingerprint density at radius 1 is 1.39 bits per heavy atom. The molecule has 0 fully saturated rings. The number of aldehydes is 1. The third-order valence-electron chi connectivity index (χ3n) is 2.93. The Hall–Kier alpha value is -2.10. The van der Waals surface area contributed by atoms with E-state index in [9.17, 15) is 4.79 Å².